The number of amides is 2. The van der Waals surface area contributed by atoms with Gasteiger partial charge in [0.1, 0.15) is 0 Å². The Bertz CT molecular complexity index is 367. The SMILES string of the molecule is COON1C(=O)c2ccccc2C1=O. The third kappa shape index (κ3) is 1.11. The van der Waals surface area contributed by atoms with Gasteiger partial charge in [-0.05, 0) is 12.1 Å². The van der Waals surface area contributed by atoms with E-state index in [0.717, 1.165) is 0 Å². The first kappa shape index (κ1) is 8.86. The summed E-state index contributed by atoms with van der Waals surface area (Å²) < 4.78 is 0. The molecule has 72 valence electrons. The molecule has 2 rings (SSSR count). The van der Waals surface area contributed by atoms with E-state index in [1.807, 2.05) is 0 Å². The van der Waals surface area contributed by atoms with Gasteiger partial charge in [0.15, 0.2) is 0 Å². The van der Waals surface area contributed by atoms with E-state index in [-0.39, 0.29) is 0 Å². The standard InChI is InChI=1S/C9H7NO4/c1-13-14-10-8(11)6-4-2-3-5-7(6)9(10)12/h2-5H,1H3. The molecule has 1 aliphatic rings. The van der Waals surface area contributed by atoms with Crippen molar-refractivity contribution in [3.8, 4) is 0 Å². The predicted molar refractivity (Wildman–Crippen MR) is 45.0 cm³/mol. The number of imide groups is 1. The number of benzene rings is 1. The summed E-state index contributed by atoms with van der Waals surface area (Å²) in [5.41, 5.74) is 0.657. The quantitative estimate of drug-likeness (QED) is 0.395. The Labute approximate surface area is 79.7 Å². The summed E-state index contributed by atoms with van der Waals surface area (Å²) >= 11 is 0. The number of fused-ring (bicyclic) bond motifs is 1. The van der Waals surface area contributed by atoms with Crippen molar-refractivity contribution in [1.29, 1.82) is 0 Å². The highest BCUT2D eigenvalue weighted by atomic mass is 17.3. The second-order valence-electron chi connectivity index (χ2n) is 2.69. The van der Waals surface area contributed by atoms with E-state index in [2.05, 4.69) is 9.88 Å². The molecule has 0 aromatic heterocycles. The van der Waals surface area contributed by atoms with Crippen LogP contribution in [0.15, 0.2) is 24.3 Å². The van der Waals surface area contributed by atoms with Gasteiger partial charge >= 0.3 is 0 Å². The second-order valence-corrected chi connectivity index (χ2v) is 2.69. The van der Waals surface area contributed by atoms with E-state index in [1.54, 1.807) is 24.3 Å². The molecule has 1 aromatic carbocycles. The minimum absolute atomic E-state index is 0.328. The molecule has 1 aliphatic heterocycles. The van der Waals surface area contributed by atoms with E-state index in [4.69, 9.17) is 0 Å². The van der Waals surface area contributed by atoms with Crippen LogP contribution in [-0.2, 0) is 9.88 Å². The molecular formula is C9H7NO4. The monoisotopic (exact) mass is 193 g/mol. The van der Waals surface area contributed by atoms with Crippen LogP contribution in [0.5, 0.6) is 0 Å². The first-order valence-electron chi connectivity index (χ1n) is 3.94. The molecule has 0 saturated carbocycles. The summed E-state index contributed by atoms with van der Waals surface area (Å²) in [7, 11) is 1.23. The van der Waals surface area contributed by atoms with E-state index in [9.17, 15) is 9.59 Å². The highest BCUT2D eigenvalue weighted by Crippen LogP contribution is 2.22. The minimum atomic E-state index is -0.507. The lowest BCUT2D eigenvalue weighted by Crippen LogP contribution is -2.29. The lowest BCUT2D eigenvalue weighted by molar-refractivity contribution is -0.369. The third-order valence-electron chi connectivity index (χ3n) is 1.91. The topological polar surface area (TPSA) is 55.8 Å². The van der Waals surface area contributed by atoms with Crippen LogP contribution < -0.4 is 0 Å². The first-order valence-corrected chi connectivity index (χ1v) is 3.94. The van der Waals surface area contributed by atoms with Gasteiger partial charge < -0.3 is 0 Å². The normalized spacial score (nSPS) is 14.8. The van der Waals surface area contributed by atoms with Gasteiger partial charge in [-0.1, -0.05) is 12.1 Å². The largest absolute Gasteiger partial charge is 0.288 e. The van der Waals surface area contributed by atoms with Gasteiger partial charge in [-0.3, -0.25) is 9.59 Å². The summed E-state index contributed by atoms with van der Waals surface area (Å²) in [5, 5.41) is 0.588. The van der Waals surface area contributed by atoms with Crippen molar-refractivity contribution in [1.82, 2.24) is 5.06 Å². The number of rotatable bonds is 2. The fourth-order valence-electron chi connectivity index (χ4n) is 1.31. The Balaban J connectivity index is 2.43. The zero-order valence-corrected chi connectivity index (χ0v) is 7.39. The van der Waals surface area contributed by atoms with E-state index < -0.39 is 11.8 Å². The van der Waals surface area contributed by atoms with Gasteiger partial charge in [-0.25, -0.2) is 4.89 Å². The summed E-state index contributed by atoms with van der Waals surface area (Å²) in [6.07, 6.45) is 0. The number of hydroxylamine groups is 2. The van der Waals surface area contributed by atoms with E-state index in [0.29, 0.717) is 16.2 Å². The molecule has 0 atom stereocenters. The molecule has 2 amide bonds. The highest BCUT2D eigenvalue weighted by Gasteiger charge is 2.37. The summed E-state index contributed by atoms with van der Waals surface area (Å²) in [5.74, 6) is -1.01. The molecule has 0 fully saturated rings. The van der Waals surface area contributed by atoms with Crippen LogP contribution in [0.4, 0.5) is 0 Å². The van der Waals surface area contributed by atoms with Crippen molar-refractivity contribution in [3.63, 3.8) is 0 Å². The summed E-state index contributed by atoms with van der Waals surface area (Å²) in [4.78, 5) is 31.7. The van der Waals surface area contributed by atoms with Gasteiger partial charge in [0.2, 0.25) is 0 Å². The molecule has 0 N–H and O–H groups in total. The maximum Gasteiger partial charge on any atom is 0.288 e. The molecule has 0 unspecified atom stereocenters. The first-order chi connectivity index (χ1) is 6.75. The maximum atomic E-state index is 11.5. The van der Waals surface area contributed by atoms with Gasteiger partial charge in [0.05, 0.1) is 18.2 Å². The van der Waals surface area contributed by atoms with Crippen LogP contribution in [0.3, 0.4) is 0 Å². The molecule has 0 saturated heterocycles. The van der Waals surface area contributed by atoms with Crippen molar-refractivity contribution in [2.75, 3.05) is 7.11 Å². The molecule has 0 bridgehead atoms. The van der Waals surface area contributed by atoms with Crippen LogP contribution in [0.25, 0.3) is 0 Å². The van der Waals surface area contributed by atoms with Gasteiger partial charge in [-0.15, -0.1) is 10.1 Å². The molecule has 1 heterocycles. The molecular weight excluding hydrogens is 186 g/mol. The molecule has 5 nitrogen and oxygen atoms in total. The van der Waals surface area contributed by atoms with Gasteiger partial charge in [0, 0.05) is 0 Å². The zero-order valence-electron chi connectivity index (χ0n) is 7.39. The van der Waals surface area contributed by atoms with Crippen molar-refractivity contribution >= 4 is 11.8 Å². The van der Waals surface area contributed by atoms with Crippen molar-refractivity contribution in [3.05, 3.63) is 35.4 Å². The Morgan fingerprint density at radius 2 is 1.57 bits per heavy atom. The average molecular weight is 193 g/mol. The van der Waals surface area contributed by atoms with Crippen molar-refractivity contribution < 1.29 is 19.5 Å². The lowest BCUT2D eigenvalue weighted by atomic mass is 10.1. The fourth-order valence-corrected chi connectivity index (χ4v) is 1.31. The summed E-state index contributed by atoms with van der Waals surface area (Å²) in [6, 6.07) is 6.49. The lowest BCUT2D eigenvalue weighted by Gasteiger charge is -2.08. The molecule has 1 aromatic rings. The van der Waals surface area contributed by atoms with Crippen molar-refractivity contribution in [2.45, 2.75) is 0 Å². The predicted octanol–water partition coefficient (Wildman–Crippen LogP) is 0.776. The minimum Gasteiger partial charge on any atom is -0.266 e. The average Bonchev–Trinajstić information content (AvgIpc) is 2.45. The van der Waals surface area contributed by atoms with Crippen molar-refractivity contribution in [2.24, 2.45) is 0 Å². The smallest absolute Gasteiger partial charge is 0.266 e. The number of hydrogen-bond acceptors (Lipinski definition) is 4. The Morgan fingerprint density at radius 3 is 2.00 bits per heavy atom. The van der Waals surface area contributed by atoms with Crippen LogP contribution in [0.1, 0.15) is 20.7 Å². The Hall–Kier alpha value is -1.72. The molecule has 14 heavy (non-hydrogen) atoms. The Kier molecular flexibility index (Phi) is 2.03. The third-order valence-corrected chi connectivity index (χ3v) is 1.91. The second kappa shape index (κ2) is 3.21. The van der Waals surface area contributed by atoms with Crippen LogP contribution in [-0.4, -0.2) is 24.0 Å². The van der Waals surface area contributed by atoms with E-state index >= 15 is 0 Å². The van der Waals surface area contributed by atoms with Crippen LogP contribution in [0, 0.1) is 0 Å². The number of hydrogen-bond donors (Lipinski definition) is 0. The fraction of sp³-hybridized carbons (Fsp3) is 0.111. The molecule has 0 spiro atoms. The number of carbonyl (C=O) groups is 2. The highest BCUT2D eigenvalue weighted by molar-refractivity contribution is 6.20. The molecule has 0 aliphatic carbocycles. The molecule has 0 radical (unpaired) electrons. The number of nitrogens with zero attached hydrogens (tertiary/aromatic N) is 1. The van der Waals surface area contributed by atoms with Crippen LogP contribution in [0.2, 0.25) is 0 Å². The zero-order chi connectivity index (χ0) is 10.1. The number of carbonyl (C=O) groups excluding carboxylic acids is 2. The van der Waals surface area contributed by atoms with Gasteiger partial charge in [-0.2, -0.15) is 0 Å². The van der Waals surface area contributed by atoms with Crippen LogP contribution >= 0.6 is 0 Å². The summed E-state index contributed by atoms with van der Waals surface area (Å²) in [6.45, 7) is 0. The maximum absolute atomic E-state index is 11.5. The van der Waals surface area contributed by atoms with Gasteiger partial charge in [0.25, 0.3) is 11.8 Å². The Morgan fingerprint density at radius 1 is 1.07 bits per heavy atom. The van der Waals surface area contributed by atoms with E-state index in [1.165, 1.54) is 7.11 Å². The molecule has 5 heteroatoms.